The molecule has 0 amide bonds. The van der Waals surface area contributed by atoms with E-state index in [-0.39, 0.29) is 0 Å². The van der Waals surface area contributed by atoms with E-state index in [0.717, 1.165) is 8.93 Å². The van der Waals surface area contributed by atoms with Gasteiger partial charge in [0, 0.05) is 0 Å². The first-order chi connectivity index (χ1) is 4.49. The zero-order valence-electron chi connectivity index (χ0n) is 5.24. The Morgan fingerprint density at radius 2 is 1.90 bits per heavy atom. The van der Waals surface area contributed by atoms with Gasteiger partial charge in [-0.15, -0.1) is 0 Å². The number of hydrogen-bond donors (Lipinski definition) is 0. The molecule has 64 valence electrons. The maximum atomic E-state index is 11.4. The van der Waals surface area contributed by atoms with Gasteiger partial charge in [0.15, 0.2) is 0 Å². The van der Waals surface area contributed by atoms with Crippen LogP contribution < -0.4 is 0 Å². The van der Waals surface area contributed by atoms with Crippen LogP contribution in [0.25, 0.3) is 0 Å². The summed E-state index contributed by atoms with van der Waals surface area (Å²) >= 11 is -2.69. The second-order valence-corrected chi connectivity index (χ2v) is 8.06. The van der Waals surface area contributed by atoms with Crippen molar-refractivity contribution in [2.24, 2.45) is 0 Å². The Kier molecular flexibility index (Phi) is 4.99. The van der Waals surface area contributed by atoms with E-state index in [1.54, 1.807) is 0 Å². The third-order valence-corrected chi connectivity index (χ3v) is 5.66. The molecule has 0 aromatic rings. The van der Waals surface area contributed by atoms with E-state index in [0.29, 0.717) is 0 Å². The minimum atomic E-state index is -4.55. The topological polar surface area (TPSA) is 18.5 Å². The number of halogens is 4. The van der Waals surface area contributed by atoms with Gasteiger partial charge in [-0.1, -0.05) is 0 Å². The first kappa shape index (κ1) is 10.8. The maximum absolute atomic E-state index is 11.4. The van der Waals surface area contributed by atoms with Crippen LogP contribution in [0.4, 0.5) is 13.2 Å². The van der Waals surface area contributed by atoms with Crippen LogP contribution in [-0.4, -0.2) is 19.7 Å². The van der Waals surface area contributed by atoms with Crippen molar-refractivity contribution in [2.75, 3.05) is 13.4 Å². The molecule has 0 fully saturated rings. The van der Waals surface area contributed by atoms with Gasteiger partial charge in [-0.05, 0) is 0 Å². The summed E-state index contributed by atoms with van der Waals surface area (Å²) < 4.78 is 42.3. The number of alkyl halides is 3. The van der Waals surface area contributed by atoms with Gasteiger partial charge in [0.25, 0.3) is 0 Å². The summed E-state index contributed by atoms with van der Waals surface area (Å²) in [6.45, 7) is 0. The zero-order chi connectivity index (χ0) is 8.20. The van der Waals surface area contributed by atoms with Crippen molar-refractivity contribution in [3.63, 3.8) is 0 Å². The summed E-state index contributed by atoms with van der Waals surface area (Å²) in [5.41, 5.74) is 0. The van der Waals surface area contributed by atoms with E-state index in [9.17, 15) is 13.2 Å². The second kappa shape index (κ2) is 4.62. The van der Waals surface area contributed by atoms with Crippen molar-refractivity contribution in [3.05, 3.63) is 0 Å². The molecule has 2 nitrogen and oxygen atoms in total. The molecular formula is C3H6F3IO2S. The second-order valence-electron chi connectivity index (χ2n) is 1.02. The van der Waals surface area contributed by atoms with Crippen molar-refractivity contribution in [1.29, 1.82) is 0 Å². The van der Waals surface area contributed by atoms with E-state index in [2.05, 4.69) is 6.13 Å². The predicted octanol–water partition coefficient (Wildman–Crippen LogP) is 2.78. The summed E-state index contributed by atoms with van der Waals surface area (Å²) in [7, 11) is 2.20. The SMILES string of the molecule is COI(OC(F)(F)F)SC. The van der Waals surface area contributed by atoms with Crippen molar-refractivity contribution >= 4 is 28.2 Å². The molecule has 0 heterocycles. The molecule has 0 N–H and O–H groups in total. The monoisotopic (exact) mass is 290 g/mol. The van der Waals surface area contributed by atoms with Gasteiger partial charge in [-0.2, -0.15) is 0 Å². The van der Waals surface area contributed by atoms with Crippen LogP contribution in [0, 0.1) is 0 Å². The van der Waals surface area contributed by atoms with Gasteiger partial charge in [-0.25, -0.2) is 0 Å². The third-order valence-electron chi connectivity index (χ3n) is 0.402. The molecule has 0 saturated heterocycles. The molecule has 7 heteroatoms. The van der Waals surface area contributed by atoms with Crippen LogP contribution in [-0.2, 0) is 6.13 Å². The van der Waals surface area contributed by atoms with Crippen molar-refractivity contribution in [2.45, 2.75) is 6.36 Å². The normalized spacial score (nSPS) is 13.5. The molecule has 0 aliphatic carbocycles. The average molecular weight is 290 g/mol. The van der Waals surface area contributed by atoms with Gasteiger partial charge in [0.2, 0.25) is 0 Å². The Labute approximate surface area is 67.4 Å². The minimum absolute atomic E-state index is 0.989. The van der Waals surface area contributed by atoms with Crippen molar-refractivity contribution < 1.29 is 19.3 Å². The molecule has 0 spiro atoms. The van der Waals surface area contributed by atoms with E-state index in [1.807, 2.05) is 0 Å². The molecule has 0 aromatic carbocycles. The van der Waals surface area contributed by atoms with Crippen LogP contribution in [0.5, 0.6) is 0 Å². The van der Waals surface area contributed by atoms with Gasteiger partial charge >= 0.3 is 67.2 Å². The van der Waals surface area contributed by atoms with E-state index >= 15 is 0 Å². The van der Waals surface area contributed by atoms with E-state index in [4.69, 9.17) is 0 Å². The molecular weight excluding hydrogens is 284 g/mol. The quantitative estimate of drug-likeness (QED) is 0.745. The Balaban J connectivity index is 3.63. The molecule has 0 rings (SSSR count). The van der Waals surface area contributed by atoms with E-state index < -0.39 is 25.6 Å². The summed E-state index contributed by atoms with van der Waals surface area (Å²) in [4.78, 5) is 0. The van der Waals surface area contributed by atoms with Crippen molar-refractivity contribution in [1.82, 2.24) is 0 Å². The molecule has 0 saturated carbocycles. The average Bonchev–Trinajstić information content (AvgIpc) is 1.81. The Bertz CT molecular complexity index is 94.2. The fourth-order valence-electron chi connectivity index (χ4n) is 0.197. The standard InChI is InChI=1S/C3H6F3IO2S/c1-8-7(10-2)9-3(4,5)6/h1-2H3. The van der Waals surface area contributed by atoms with Gasteiger partial charge in [0.1, 0.15) is 0 Å². The van der Waals surface area contributed by atoms with Gasteiger partial charge in [0.05, 0.1) is 0 Å². The van der Waals surface area contributed by atoms with Crippen LogP contribution in [0.3, 0.4) is 0 Å². The predicted molar refractivity (Wildman–Crippen MR) is 41.7 cm³/mol. The molecule has 0 bridgehead atoms. The first-order valence-electron chi connectivity index (χ1n) is 2.05. The van der Waals surface area contributed by atoms with Crippen LogP contribution in [0.2, 0.25) is 0 Å². The van der Waals surface area contributed by atoms with Crippen LogP contribution in [0.15, 0.2) is 0 Å². The third kappa shape index (κ3) is 5.57. The number of rotatable bonds is 3. The molecule has 0 aliphatic rings. The van der Waals surface area contributed by atoms with Crippen LogP contribution in [0.1, 0.15) is 0 Å². The van der Waals surface area contributed by atoms with Gasteiger partial charge < -0.3 is 0 Å². The van der Waals surface area contributed by atoms with Crippen molar-refractivity contribution in [3.8, 4) is 0 Å². The van der Waals surface area contributed by atoms with Crippen LogP contribution >= 0.6 is 28.2 Å². The summed E-state index contributed by atoms with van der Waals surface area (Å²) in [5, 5.41) is 0. The molecule has 0 unspecified atom stereocenters. The Morgan fingerprint density at radius 1 is 1.40 bits per heavy atom. The molecule has 0 aromatic heterocycles. The Morgan fingerprint density at radius 3 is 2.00 bits per heavy atom. The fraction of sp³-hybridized carbons (Fsp3) is 1.00. The summed E-state index contributed by atoms with van der Waals surface area (Å²) in [6.07, 6.45) is -3.02. The number of hydrogen-bond acceptors (Lipinski definition) is 3. The fourth-order valence-corrected chi connectivity index (χ4v) is 3.07. The summed E-state index contributed by atoms with van der Waals surface area (Å²) in [5.74, 6) is 0. The Hall–Kier alpha value is 0.790. The van der Waals surface area contributed by atoms with Gasteiger partial charge in [-0.3, -0.25) is 0 Å². The van der Waals surface area contributed by atoms with E-state index in [1.165, 1.54) is 13.4 Å². The first-order valence-corrected chi connectivity index (χ1v) is 7.58. The molecule has 0 radical (unpaired) electrons. The molecule has 0 atom stereocenters. The summed E-state index contributed by atoms with van der Waals surface area (Å²) in [6, 6.07) is 0. The zero-order valence-corrected chi connectivity index (χ0v) is 8.21. The molecule has 0 aliphatic heterocycles. The molecule has 10 heavy (non-hydrogen) atoms.